The highest BCUT2D eigenvalue weighted by Gasteiger charge is 1.70. The molecular weight excluding hydrogens is 152 g/mol. The number of furan rings is 1. The topological polar surface area (TPSA) is 22.4 Å². The van der Waals surface area contributed by atoms with E-state index in [4.69, 9.17) is 4.74 Å². The number of hydrogen-bond acceptors (Lipinski definition) is 2. The van der Waals surface area contributed by atoms with Gasteiger partial charge in [0.25, 0.3) is 0 Å². The van der Waals surface area contributed by atoms with Crippen molar-refractivity contribution in [2.45, 2.75) is 0 Å². The molecule has 0 aliphatic heterocycles. The van der Waals surface area contributed by atoms with Crippen molar-refractivity contribution >= 4 is 0 Å². The molecule has 0 unspecified atom stereocenters. The fourth-order valence-corrected chi connectivity index (χ4v) is 0.462. The van der Waals surface area contributed by atoms with E-state index in [1.807, 2.05) is 12.1 Å². The molecule has 0 aromatic carbocycles. The van der Waals surface area contributed by atoms with E-state index < -0.39 is 0 Å². The predicted octanol–water partition coefficient (Wildman–Crippen LogP) is 2.65. The van der Waals surface area contributed by atoms with Gasteiger partial charge in [-0.25, -0.2) is 0 Å². The average molecular weight is 166 g/mol. The van der Waals surface area contributed by atoms with Crippen molar-refractivity contribution in [1.82, 2.24) is 0 Å². The zero-order chi connectivity index (χ0) is 9.07. The molecule has 0 aliphatic carbocycles. The fraction of sp³-hybridized carbons (Fsp3) is 0.200. The minimum absolute atomic E-state index is 0.617. The maximum atomic E-state index is 4.90. The minimum Gasteiger partial charge on any atom is -0.473 e. The number of ether oxygens (including phenoxy) is 1. The summed E-state index contributed by atoms with van der Waals surface area (Å²) in [5, 5.41) is 0. The van der Waals surface area contributed by atoms with E-state index in [0.717, 1.165) is 0 Å². The summed E-state index contributed by atoms with van der Waals surface area (Å²) in [4.78, 5) is 0. The summed E-state index contributed by atoms with van der Waals surface area (Å²) in [5.74, 6) is 0. The van der Waals surface area contributed by atoms with E-state index in [2.05, 4.69) is 17.6 Å². The van der Waals surface area contributed by atoms with Gasteiger partial charge in [0, 0.05) is 0 Å². The molecule has 2 heteroatoms. The highest BCUT2D eigenvalue weighted by Crippen LogP contribution is 1.79. The quantitative estimate of drug-likeness (QED) is 0.506. The van der Waals surface area contributed by atoms with Gasteiger partial charge >= 0.3 is 0 Å². The Hall–Kier alpha value is -1.28. The molecule has 0 fully saturated rings. The van der Waals surface area contributed by atoms with Gasteiger partial charge in [-0.15, -0.1) is 13.2 Å². The monoisotopic (exact) mass is 166 g/mol. The average Bonchev–Trinajstić information content (AvgIpc) is 2.62. The van der Waals surface area contributed by atoms with Gasteiger partial charge in [-0.2, -0.15) is 0 Å². The lowest BCUT2D eigenvalue weighted by atomic mass is 10.6. The Kier molecular flexibility index (Phi) is 8.68. The molecule has 0 saturated carbocycles. The van der Waals surface area contributed by atoms with Crippen LogP contribution in [0.4, 0.5) is 0 Å². The van der Waals surface area contributed by atoms with Crippen LogP contribution in [0.25, 0.3) is 0 Å². The summed E-state index contributed by atoms with van der Waals surface area (Å²) < 4.78 is 9.48. The molecule has 0 bridgehead atoms. The van der Waals surface area contributed by atoms with E-state index >= 15 is 0 Å². The molecule has 1 aromatic rings. The third-order valence-corrected chi connectivity index (χ3v) is 0.897. The Bertz CT molecular complexity index is 153. The van der Waals surface area contributed by atoms with Crippen LogP contribution in [0.3, 0.4) is 0 Å². The first kappa shape index (κ1) is 10.7. The maximum Gasteiger partial charge on any atom is 0.0902 e. The van der Waals surface area contributed by atoms with Gasteiger partial charge in [0.15, 0.2) is 0 Å². The van der Waals surface area contributed by atoms with E-state index in [1.165, 1.54) is 0 Å². The van der Waals surface area contributed by atoms with Crippen molar-refractivity contribution in [3.8, 4) is 0 Å². The lowest BCUT2D eigenvalue weighted by molar-refractivity contribution is 0.194. The number of hydrogen-bond donors (Lipinski definition) is 0. The molecule has 2 nitrogen and oxygen atoms in total. The zero-order valence-corrected chi connectivity index (χ0v) is 7.11. The minimum atomic E-state index is 0.617. The molecule has 0 radical (unpaired) electrons. The second-order valence-corrected chi connectivity index (χ2v) is 1.91. The van der Waals surface area contributed by atoms with Crippen LogP contribution in [0, 0.1) is 0 Å². The molecule has 0 amide bonds. The Morgan fingerprint density at radius 2 is 1.58 bits per heavy atom. The van der Waals surface area contributed by atoms with Crippen LogP contribution in [-0.4, -0.2) is 13.2 Å². The third kappa shape index (κ3) is 8.72. The van der Waals surface area contributed by atoms with Crippen molar-refractivity contribution in [3.05, 3.63) is 50.0 Å². The van der Waals surface area contributed by atoms with Crippen LogP contribution in [0.1, 0.15) is 0 Å². The summed E-state index contributed by atoms with van der Waals surface area (Å²) in [7, 11) is 0. The van der Waals surface area contributed by atoms with Gasteiger partial charge in [-0.1, -0.05) is 12.2 Å². The van der Waals surface area contributed by atoms with Gasteiger partial charge in [0.1, 0.15) is 0 Å². The second kappa shape index (κ2) is 9.72. The SMILES string of the molecule is C=CCOCC=C.c1ccoc1. The van der Waals surface area contributed by atoms with E-state index in [9.17, 15) is 0 Å². The van der Waals surface area contributed by atoms with Gasteiger partial charge < -0.3 is 9.15 Å². The van der Waals surface area contributed by atoms with Crippen LogP contribution < -0.4 is 0 Å². The molecule has 12 heavy (non-hydrogen) atoms. The van der Waals surface area contributed by atoms with Crippen LogP contribution in [-0.2, 0) is 4.74 Å². The summed E-state index contributed by atoms with van der Waals surface area (Å²) >= 11 is 0. The van der Waals surface area contributed by atoms with E-state index in [1.54, 1.807) is 24.7 Å². The van der Waals surface area contributed by atoms with Crippen molar-refractivity contribution < 1.29 is 9.15 Å². The summed E-state index contributed by atoms with van der Waals surface area (Å²) in [5.41, 5.74) is 0. The largest absolute Gasteiger partial charge is 0.473 e. The molecular formula is C10H14O2. The Balaban J connectivity index is 0.000000211. The van der Waals surface area contributed by atoms with Gasteiger partial charge in [-0.05, 0) is 12.1 Å². The molecule has 0 spiro atoms. The summed E-state index contributed by atoms with van der Waals surface area (Å²) in [6.45, 7) is 8.18. The number of rotatable bonds is 4. The molecule has 1 rings (SSSR count). The first-order valence-electron chi connectivity index (χ1n) is 3.68. The van der Waals surface area contributed by atoms with E-state index in [0.29, 0.717) is 13.2 Å². The maximum absolute atomic E-state index is 4.90. The Morgan fingerprint density at radius 1 is 1.08 bits per heavy atom. The molecule has 1 aromatic heterocycles. The lowest BCUT2D eigenvalue weighted by Crippen LogP contribution is -1.87. The predicted molar refractivity (Wildman–Crippen MR) is 49.9 cm³/mol. The lowest BCUT2D eigenvalue weighted by Gasteiger charge is -1.89. The van der Waals surface area contributed by atoms with Crippen LogP contribution in [0.5, 0.6) is 0 Å². The standard InChI is InChI=1S/C6H10O.C4H4O/c1-3-5-7-6-4-2;1-2-4-5-3-1/h3-4H,1-2,5-6H2;1-4H. The molecule has 0 saturated heterocycles. The summed E-state index contributed by atoms with van der Waals surface area (Å²) in [6.07, 6.45) is 6.67. The zero-order valence-electron chi connectivity index (χ0n) is 7.11. The molecule has 0 aliphatic rings. The first-order chi connectivity index (χ1) is 5.91. The van der Waals surface area contributed by atoms with Crippen LogP contribution >= 0.6 is 0 Å². The Labute approximate surface area is 73.2 Å². The van der Waals surface area contributed by atoms with Crippen molar-refractivity contribution in [1.29, 1.82) is 0 Å². The highest BCUT2D eigenvalue weighted by atomic mass is 16.5. The van der Waals surface area contributed by atoms with E-state index in [-0.39, 0.29) is 0 Å². The Morgan fingerprint density at radius 3 is 1.83 bits per heavy atom. The third-order valence-electron chi connectivity index (χ3n) is 0.897. The first-order valence-corrected chi connectivity index (χ1v) is 3.68. The van der Waals surface area contributed by atoms with Crippen molar-refractivity contribution in [3.63, 3.8) is 0 Å². The molecule has 0 N–H and O–H groups in total. The molecule has 1 heterocycles. The van der Waals surface area contributed by atoms with Crippen LogP contribution in [0.2, 0.25) is 0 Å². The smallest absolute Gasteiger partial charge is 0.0902 e. The van der Waals surface area contributed by atoms with Gasteiger partial charge in [0.2, 0.25) is 0 Å². The summed E-state index contributed by atoms with van der Waals surface area (Å²) in [6, 6.07) is 3.67. The normalized spacial score (nSPS) is 8.00. The molecule has 0 atom stereocenters. The fourth-order valence-electron chi connectivity index (χ4n) is 0.462. The van der Waals surface area contributed by atoms with Crippen molar-refractivity contribution in [2.24, 2.45) is 0 Å². The second-order valence-electron chi connectivity index (χ2n) is 1.91. The molecule has 66 valence electrons. The van der Waals surface area contributed by atoms with Gasteiger partial charge in [-0.3, -0.25) is 0 Å². The van der Waals surface area contributed by atoms with Crippen molar-refractivity contribution in [2.75, 3.05) is 13.2 Å². The van der Waals surface area contributed by atoms with Crippen LogP contribution in [0.15, 0.2) is 54.4 Å². The highest BCUT2D eigenvalue weighted by molar-refractivity contribution is 4.79. The van der Waals surface area contributed by atoms with Gasteiger partial charge in [0.05, 0.1) is 25.7 Å².